The monoisotopic (exact) mass is 403 g/mol. The fraction of sp³-hybridized carbons (Fsp3) is 0.269. The lowest BCUT2D eigenvalue weighted by Gasteiger charge is -2.16. The molecule has 0 aromatic heterocycles. The van der Waals surface area contributed by atoms with Gasteiger partial charge in [0.1, 0.15) is 18.1 Å². The van der Waals surface area contributed by atoms with Crippen LogP contribution in [-0.2, 0) is 13.2 Å². The van der Waals surface area contributed by atoms with Crippen molar-refractivity contribution < 1.29 is 14.3 Å². The van der Waals surface area contributed by atoms with Crippen molar-refractivity contribution in [3.63, 3.8) is 0 Å². The first kappa shape index (κ1) is 21.4. The number of carbonyl (C=O) groups excluding carboxylic acids is 1. The summed E-state index contributed by atoms with van der Waals surface area (Å²) >= 11 is 0. The Labute approximate surface area is 178 Å². The zero-order valence-corrected chi connectivity index (χ0v) is 18.1. The first-order chi connectivity index (χ1) is 14.5. The highest BCUT2D eigenvalue weighted by molar-refractivity contribution is 5.94. The molecule has 0 heterocycles. The molecular weight excluding hydrogens is 374 g/mol. The summed E-state index contributed by atoms with van der Waals surface area (Å²) in [5, 5.41) is 2.97. The lowest BCUT2D eigenvalue weighted by molar-refractivity contribution is 0.0950. The number of hydrogen-bond acceptors (Lipinski definition) is 3. The van der Waals surface area contributed by atoms with E-state index in [1.807, 2.05) is 55.5 Å². The van der Waals surface area contributed by atoms with Crippen LogP contribution in [-0.4, -0.2) is 12.5 Å². The fourth-order valence-electron chi connectivity index (χ4n) is 3.32. The van der Waals surface area contributed by atoms with Crippen LogP contribution < -0.4 is 14.8 Å². The van der Waals surface area contributed by atoms with Crippen LogP contribution >= 0.6 is 0 Å². The number of hydrogen-bond donors (Lipinski definition) is 1. The Morgan fingerprint density at radius 3 is 2.40 bits per heavy atom. The van der Waals surface area contributed by atoms with Crippen molar-refractivity contribution >= 4 is 5.91 Å². The van der Waals surface area contributed by atoms with Gasteiger partial charge in [-0.1, -0.05) is 36.4 Å². The van der Waals surface area contributed by atoms with Gasteiger partial charge in [0.2, 0.25) is 0 Å². The summed E-state index contributed by atoms with van der Waals surface area (Å²) in [7, 11) is 0. The second kappa shape index (κ2) is 9.97. The number of amides is 1. The van der Waals surface area contributed by atoms with Gasteiger partial charge in [0, 0.05) is 17.7 Å². The van der Waals surface area contributed by atoms with E-state index in [-0.39, 0.29) is 5.91 Å². The van der Waals surface area contributed by atoms with Crippen LogP contribution in [0.1, 0.15) is 45.1 Å². The number of nitrogens with one attached hydrogen (secondary N) is 1. The Morgan fingerprint density at radius 1 is 0.900 bits per heavy atom. The SMILES string of the molecule is CCOc1ccc(C(=O)NCc2ccccc2)cc1COc1cc(C)cc(C)c1C. The number of rotatable bonds is 8. The van der Waals surface area contributed by atoms with Crippen molar-refractivity contribution in [1.82, 2.24) is 5.32 Å². The van der Waals surface area contributed by atoms with Crippen LogP contribution in [0.4, 0.5) is 0 Å². The van der Waals surface area contributed by atoms with Gasteiger partial charge < -0.3 is 14.8 Å². The molecule has 0 aliphatic rings. The molecule has 0 fully saturated rings. The van der Waals surface area contributed by atoms with E-state index in [0.29, 0.717) is 25.3 Å². The van der Waals surface area contributed by atoms with E-state index in [4.69, 9.17) is 9.47 Å². The normalized spacial score (nSPS) is 10.5. The minimum atomic E-state index is -0.120. The number of ether oxygens (including phenoxy) is 2. The molecule has 3 aromatic carbocycles. The summed E-state index contributed by atoms with van der Waals surface area (Å²) in [6.45, 7) is 9.51. The molecule has 1 N–H and O–H groups in total. The Hall–Kier alpha value is -3.27. The highest BCUT2D eigenvalue weighted by Gasteiger charge is 2.12. The molecule has 4 nitrogen and oxygen atoms in total. The molecule has 0 saturated carbocycles. The first-order valence-electron chi connectivity index (χ1n) is 10.3. The summed E-state index contributed by atoms with van der Waals surface area (Å²) in [5.41, 5.74) is 5.98. The zero-order valence-electron chi connectivity index (χ0n) is 18.1. The molecule has 0 aliphatic heterocycles. The molecular formula is C26H29NO3. The molecule has 3 aromatic rings. The fourth-order valence-corrected chi connectivity index (χ4v) is 3.32. The van der Waals surface area contributed by atoms with Gasteiger partial charge in [0.25, 0.3) is 5.91 Å². The lowest BCUT2D eigenvalue weighted by Crippen LogP contribution is -2.23. The van der Waals surface area contributed by atoms with Crippen molar-refractivity contribution in [3.8, 4) is 11.5 Å². The number of carbonyl (C=O) groups is 1. The predicted octanol–water partition coefficient (Wildman–Crippen LogP) is 5.52. The van der Waals surface area contributed by atoms with E-state index in [1.165, 1.54) is 5.56 Å². The van der Waals surface area contributed by atoms with Gasteiger partial charge in [-0.2, -0.15) is 0 Å². The van der Waals surface area contributed by atoms with Gasteiger partial charge in [0.05, 0.1) is 6.61 Å². The Balaban J connectivity index is 1.76. The third-order valence-electron chi connectivity index (χ3n) is 5.07. The van der Waals surface area contributed by atoms with E-state index >= 15 is 0 Å². The van der Waals surface area contributed by atoms with Gasteiger partial charge in [0.15, 0.2) is 0 Å². The topological polar surface area (TPSA) is 47.6 Å². The van der Waals surface area contributed by atoms with Crippen LogP contribution in [0.15, 0.2) is 60.7 Å². The average molecular weight is 404 g/mol. The second-order valence-corrected chi connectivity index (χ2v) is 7.42. The largest absolute Gasteiger partial charge is 0.493 e. The summed E-state index contributed by atoms with van der Waals surface area (Å²) in [4.78, 5) is 12.7. The van der Waals surface area contributed by atoms with Gasteiger partial charge in [-0.25, -0.2) is 0 Å². The van der Waals surface area contributed by atoms with Gasteiger partial charge in [-0.05, 0) is 74.2 Å². The minimum absolute atomic E-state index is 0.120. The second-order valence-electron chi connectivity index (χ2n) is 7.42. The standard InChI is InChI=1S/C26H29NO3/c1-5-29-24-12-11-22(26(28)27-16-21-9-7-6-8-10-21)15-23(24)17-30-25-14-18(2)13-19(3)20(25)4/h6-15H,5,16-17H2,1-4H3,(H,27,28). The molecule has 0 radical (unpaired) electrons. The van der Waals surface area contributed by atoms with Crippen molar-refractivity contribution in [2.45, 2.75) is 40.8 Å². The Morgan fingerprint density at radius 2 is 1.67 bits per heavy atom. The maximum Gasteiger partial charge on any atom is 0.251 e. The summed E-state index contributed by atoms with van der Waals surface area (Å²) in [5.74, 6) is 1.47. The van der Waals surface area contributed by atoms with Crippen molar-refractivity contribution in [1.29, 1.82) is 0 Å². The Bertz CT molecular complexity index is 1010. The quantitative estimate of drug-likeness (QED) is 0.539. The van der Waals surface area contributed by atoms with Crippen molar-refractivity contribution in [3.05, 3.63) is 94.0 Å². The predicted molar refractivity (Wildman–Crippen MR) is 120 cm³/mol. The molecule has 0 aliphatic carbocycles. The van der Waals surface area contributed by atoms with E-state index in [9.17, 15) is 4.79 Å². The van der Waals surface area contributed by atoms with Gasteiger partial charge >= 0.3 is 0 Å². The van der Waals surface area contributed by atoms with Crippen LogP contribution in [0.2, 0.25) is 0 Å². The molecule has 1 amide bonds. The smallest absolute Gasteiger partial charge is 0.251 e. The number of benzene rings is 3. The molecule has 156 valence electrons. The molecule has 0 atom stereocenters. The maximum absolute atomic E-state index is 12.7. The molecule has 30 heavy (non-hydrogen) atoms. The van der Waals surface area contributed by atoms with E-state index in [2.05, 4.69) is 32.2 Å². The minimum Gasteiger partial charge on any atom is -0.493 e. The van der Waals surface area contributed by atoms with Crippen molar-refractivity contribution in [2.24, 2.45) is 0 Å². The number of aryl methyl sites for hydroxylation is 2. The summed E-state index contributed by atoms with van der Waals surface area (Å²) < 4.78 is 11.9. The van der Waals surface area contributed by atoms with Crippen LogP contribution in [0, 0.1) is 20.8 Å². The van der Waals surface area contributed by atoms with Crippen LogP contribution in [0.25, 0.3) is 0 Å². The molecule has 3 rings (SSSR count). The van der Waals surface area contributed by atoms with Gasteiger partial charge in [-0.3, -0.25) is 4.79 Å². The average Bonchev–Trinajstić information content (AvgIpc) is 2.75. The summed E-state index contributed by atoms with van der Waals surface area (Å²) in [6, 6.07) is 19.5. The van der Waals surface area contributed by atoms with Gasteiger partial charge in [-0.15, -0.1) is 0 Å². The van der Waals surface area contributed by atoms with E-state index in [0.717, 1.165) is 33.8 Å². The molecule has 0 bridgehead atoms. The summed E-state index contributed by atoms with van der Waals surface area (Å²) in [6.07, 6.45) is 0. The lowest BCUT2D eigenvalue weighted by atomic mass is 10.1. The Kier molecular flexibility index (Phi) is 7.12. The highest BCUT2D eigenvalue weighted by Crippen LogP contribution is 2.27. The molecule has 0 saturated heterocycles. The zero-order chi connectivity index (χ0) is 21.5. The van der Waals surface area contributed by atoms with Crippen molar-refractivity contribution in [2.75, 3.05) is 6.61 Å². The van der Waals surface area contributed by atoms with Crippen LogP contribution in [0.5, 0.6) is 11.5 Å². The third-order valence-corrected chi connectivity index (χ3v) is 5.07. The highest BCUT2D eigenvalue weighted by atomic mass is 16.5. The molecule has 0 spiro atoms. The maximum atomic E-state index is 12.7. The first-order valence-corrected chi connectivity index (χ1v) is 10.3. The molecule has 0 unspecified atom stereocenters. The molecule has 4 heteroatoms. The van der Waals surface area contributed by atoms with E-state index < -0.39 is 0 Å². The third kappa shape index (κ3) is 5.41. The van der Waals surface area contributed by atoms with Crippen LogP contribution in [0.3, 0.4) is 0 Å². The van der Waals surface area contributed by atoms with E-state index in [1.54, 1.807) is 6.07 Å².